The van der Waals surface area contributed by atoms with Gasteiger partial charge in [0.15, 0.2) is 5.82 Å². The number of rotatable bonds is 2. The van der Waals surface area contributed by atoms with Crippen molar-refractivity contribution in [3.05, 3.63) is 28.4 Å². The summed E-state index contributed by atoms with van der Waals surface area (Å²) < 4.78 is 2.77. The molecule has 0 spiro atoms. The van der Waals surface area contributed by atoms with Gasteiger partial charge in [0.1, 0.15) is 11.2 Å². The Balaban J connectivity index is 2.20. The molecule has 0 unspecified atom stereocenters. The number of imidazole rings is 1. The minimum atomic E-state index is 0.657. The van der Waals surface area contributed by atoms with Crippen LogP contribution in [0.4, 0.5) is 5.69 Å². The first-order chi connectivity index (χ1) is 9.08. The topological polar surface area (TPSA) is 72.5 Å². The van der Waals surface area contributed by atoms with Gasteiger partial charge in [-0.15, -0.1) is 0 Å². The fourth-order valence-corrected chi connectivity index (χ4v) is 2.63. The third-order valence-electron chi connectivity index (χ3n) is 3.12. The maximum Gasteiger partial charge on any atom is 0.156 e. The van der Waals surface area contributed by atoms with Crippen LogP contribution in [0.15, 0.2) is 22.7 Å². The molecule has 2 aromatic heterocycles. The highest BCUT2D eigenvalue weighted by atomic mass is 79.9. The quantitative estimate of drug-likeness (QED) is 0.713. The van der Waals surface area contributed by atoms with E-state index in [9.17, 15) is 0 Å². The molecule has 0 aliphatic rings. The Morgan fingerprint density at radius 3 is 2.84 bits per heavy atom. The average Bonchev–Trinajstić information content (AvgIpc) is 2.92. The molecule has 5 nitrogen and oxygen atoms in total. The number of nitrogens with zero attached hydrogens (tertiary/aromatic N) is 3. The summed E-state index contributed by atoms with van der Waals surface area (Å²) in [5.41, 5.74) is 10.4. The summed E-state index contributed by atoms with van der Waals surface area (Å²) in [4.78, 5) is 7.86. The fourth-order valence-electron chi connectivity index (χ4n) is 2.15. The molecule has 0 saturated heterocycles. The highest BCUT2D eigenvalue weighted by molar-refractivity contribution is 9.10. The minimum Gasteiger partial charge on any atom is -0.397 e. The highest BCUT2D eigenvalue weighted by Crippen LogP contribution is 2.27. The van der Waals surface area contributed by atoms with Crippen molar-refractivity contribution in [2.24, 2.45) is 7.05 Å². The number of anilines is 1. The molecule has 0 aliphatic carbocycles. The van der Waals surface area contributed by atoms with Crippen molar-refractivity contribution in [2.75, 3.05) is 5.73 Å². The van der Waals surface area contributed by atoms with Crippen LogP contribution in [0.2, 0.25) is 0 Å². The first kappa shape index (κ1) is 12.2. The Morgan fingerprint density at radius 1 is 1.37 bits per heavy atom. The summed E-state index contributed by atoms with van der Waals surface area (Å²) in [5, 5.41) is 4.43. The zero-order valence-electron chi connectivity index (χ0n) is 10.7. The number of hydrogen-bond acceptors (Lipinski definition) is 3. The van der Waals surface area contributed by atoms with E-state index in [0.29, 0.717) is 5.69 Å². The summed E-state index contributed by atoms with van der Waals surface area (Å²) in [7, 11) is 1.92. The molecule has 3 aromatic rings. The van der Waals surface area contributed by atoms with Gasteiger partial charge in [0.25, 0.3) is 0 Å². The molecule has 98 valence electrons. The molecule has 0 fully saturated rings. The fraction of sp³-hybridized carbons (Fsp3) is 0.231. The third kappa shape index (κ3) is 2.02. The van der Waals surface area contributed by atoms with Crippen LogP contribution in [0.25, 0.3) is 22.6 Å². The molecule has 2 heterocycles. The second-order valence-corrected chi connectivity index (χ2v) is 5.39. The van der Waals surface area contributed by atoms with Gasteiger partial charge in [-0.1, -0.05) is 22.9 Å². The molecule has 0 saturated carbocycles. The Bertz CT molecular complexity index is 756. The van der Waals surface area contributed by atoms with E-state index in [1.165, 1.54) is 0 Å². The maximum atomic E-state index is 5.98. The number of nitrogen functional groups attached to an aromatic ring is 1. The van der Waals surface area contributed by atoms with Gasteiger partial charge in [0, 0.05) is 11.5 Å². The summed E-state index contributed by atoms with van der Waals surface area (Å²) in [6, 6.07) is 5.87. The van der Waals surface area contributed by atoms with Crippen molar-refractivity contribution in [2.45, 2.75) is 13.3 Å². The molecule has 0 atom stereocenters. The SMILES string of the molecule is CCc1cc(-c2nc3c(N)cc(Br)cc3[nH]2)n(C)n1. The number of aromatic amines is 1. The normalized spacial score (nSPS) is 11.3. The average molecular weight is 320 g/mol. The van der Waals surface area contributed by atoms with Crippen LogP contribution in [0.5, 0.6) is 0 Å². The predicted octanol–water partition coefficient (Wildman–Crippen LogP) is 2.87. The van der Waals surface area contributed by atoms with Gasteiger partial charge in [-0.2, -0.15) is 5.10 Å². The number of fused-ring (bicyclic) bond motifs is 1. The van der Waals surface area contributed by atoms with Crippen molar-refractivity contribution in [3.8, 4) is 11.5 Å². The van der Waals surface area contributed by atoms with Gasteiger partial charge in [0.05, 0.1) is 16.9 Å². The Kier molecular flexibility index (Phi) is 2.82. The molecule has 0 aliphatic heterocycles. The van der Waals surface area contributed by atoms with Crippen LogP contribution in [0.3, 0.4) is 0 Å². The number of halogens is 1. The highest BCUT2D eigenvalue weighted by Gasteiger charge is 2.12. The van der Waals surface area contributed by atoms with Crippen molar-refractivity contribution < 1.29 is 0 Å². The van der Waals surface area contributed by atoms with Crippen LogP contribution in [-0.2, 0) is 13.5 Å². The van der Waals surface area contributed by atoms with Gasteiger partial charge in [-0.25, -0.2) is 4.98 Å². The Morgan fingerprint density at radius 2 is 2.16 bits per heavy atom. The lowest BCUT2D eigenvalue weighted by molar-refractivity contribution is 0.749. The van der Waals surface area contributed by atoms with Gasteiger partial charge < -0.3 is 10.7 Å². The van der Waals surface area contributed by atoms with E-state index in [1.54, 1.807) is 0 Å². The molecule has 3 N–H and O–H groups in total. The van der Waals surface area contributed by atoms with Crippen molar-refractivity contribution >= 4 is 32.7 Å². The van der Waals surface area contributed by atoms with E-state index >= 15 is 0 Å². The van der Waals surface area contributed by atoms with Gasteiger partial charge in [0.2, 0.25) is 0 Å². The van der Waals surface area contributed by atoms with Crippen molar-refractivity contribution in [1.29, 1.82) is 0 Å². The molecular weight excluding hydrogens is 306 g/mol. The van der Waals surface area contributed by atoms with Crippen molar-refractivity contribution in [3.63, 3.8) is 0 Å². The summed E-state index contributed by atoms with van der Waals surface area (Å²) >= 11 is 3.43. The molecule has 6 heteroatoms. The number of hydrogen-bond donors (Lipinski definition) is 2. The van der Waals surface area contributed by atoms with E-state index in [1.807, 2.05) is 29.9 Å². The first-order valence-corrected chi connectivity index (χ1v) is 6.86. The second kappa shape index (κ2) is 4.38. The molecule has 3 rings (SSSR count). The van der Waals surface area contributed by atoms with Crippen LogP contribution in [0, 0.1) is 0 Å². The molecule has 0 amide bonds. The van der Waals surface area contributed by atoms with E-state index < -0.39 is 0 Å². The number of nitrogens with one attached hydrogen (secondary N) is 1. The summed E-state index contributed by atoms with van der Waals surface area (Å²) in [5.74, 6) is 0.787. The second-order valence-electron chi connectivity index (χ2n) is 4.47. The van der Waals surface area contributed by atoms with E-state index in [2.05, 4.69) is 37.9 Å². The lowest BCUT2D eigenvalue weighted by Gasteiger charge is -1.95. The van der Waals surface area contributed by atoms with Crippen molar-refractivity contribution in [1.82, 2.24) is 19.7 Å². The number of aromatic nitrogens is 4. The minimum absolute atomic E-state index is 0.657. The standard InChI is InChI=1S/C13H14BrN5/c1-3-8-6-11(19(2)18-8)13-16-10-5-7(14)4-9(15)12(10)17-13/h4-6H,3,15H2,1-2H3,(H,16,17). The number of nitrogens with two attached hydrogens (primary N) is 1. The van der Waals surface area contributed by atoms with Crippen LogP contribution >= 0.6 is 15.9 Å². The number of benzene rings is 1. The Labute approximate surface area is 119 Å². The van der Waals surface area contributed by atoms with Gasteiger partial charge in [-0.3, -0.25) is 4.68 Å². The maximum absolute atomic E-state index is 5.98. The lowest BCUT2D eigenvalue weighted by atomic mass is 10.3. The summed E-state index contributed by atoms with van der Waals surface area (Å²) in [6.45, 7) is 2.08. The van der Waals surface area contributed by atoms with E-state index in [4.69, 9.17) is 5.73 Å². The molecule has 1 aromatic carbocycles. The third-order valence-corrected chi connectivity index (χ3v) is 3.57. The number of H-pyrrole nitrogens is 1. The van der Waals surface area contributed by atoms with E-state index in [0.717, 1.165) is 39.1 Å². The van der Waals surface area contributed by atoms with Crippen LogP contribution in [-0.4, -0.2) is 19.7 Å². The molecular formula is C13H14BrN5. The monoisotopic (exact) mass is 319 g/mol. The zero-order valence-corrected chi connectivity index (χ0v) is 12.3. The molecule has 19 heavy (non-hydrogen) atoms. The number of aryl methyl sites for hydroxylation is 2. The van der Waals surface area contributed by atoms with Crippen LogP contribution in [0.1, 0.15) is 12.6 Å². The lowest BCUT2D eigenvalue weighted by Crippen LogP contribution is -1.95. The van der Waals surface area contributed by atoms with Gasteiger partial charge >= 0.3 is 0 Å². The van der Waals surface area contributed by atoms with Gasteiger partial charge in [-0.05, 0) is 24.6 Å². The predicted molar refractivity (Wildman–Crippen MR) is 79.8 cm³/mol. The van der Waals surface area contributed by atoms with E-state index in [-0.39, 0.29) is 0 Å². The zero-order chi connectivity index (χ0) is 13.6. The Hall–Kier alpha value is -1.82. The molecule has 0 bridgehead atoms. The summed E-state index contributed by atoms with van der Waals surface area (Å²) in [6.07, 6.45) is 0.905. The van der Waals surface area contributed by atoms with Crippen LogP contribution < -0.4 is 5.73 Å². The molecule has 0 radical (unpaired) electrons. The first-order valence-electron chi connectivity index (χ1n) is 6.06. The largest absolute Gasteiger partial charge is 0.397 e. The smallest absolute Gasteiger partial charge is 0.156 e.